The predicted molar refractivity (Wildman–Crippen MR) is 112 cm³/mol. The number of aromatic nitrogens is 5. The number of carbonyl (C=O) groups is 1. The van der Waals surface area contributed by atoms with Gasteiger partial charge in [0.2, 0.25) is 0 Å². The standard InChI is InChI=1S/C22H24N6O/c1-13-20-15(12-18(14-9-10-14)26-21(20)28(2)27-13)22(29)23-11-5-8-19-24-16-6-3-4-7-17(16)25-19/h3-4,6-7,12,14H,5,8-11H2,1-2H3,(H,23,29)(H,24,25). The van der Waals surface area contributed by atoms with E-state index in [1.165, 1.54) is 0 Å². The molecular weight excluding hydrogens is 364 g/mol. The van der Waals surface area contributed by atoms with Crippen molar-refractivity contribution in [1.82, 2.24) is 30.0 Å². The van der Waals surface area contributed by atoms with Gasteiger partial charge >= 0.3 is 0 Å². The van der Waals surface area contributed by atoms with Gasteiger partial charge in [-0.3, -0.25) is 9.48 Å². The average Bonchev–Trinajstić information content (AvgIpc) is 3.42. The summed E-state index contributed by atoms with van der Waals surface area (Å²) in [6, 6.07) is 9.97. The zero-order valence-electron chi connectivity index (χ0n) is 16.7. The first-order valence-electron chi connectivity index (χ1n) is 10.2. The van der Waals surface area contributed by atoms with Crippen molar-refractivity contribution in [3.63, 3.8) is 0 Å². The number of fused-ring (bicyclic) bond motifs is 2. The number of para-hydroxylation sites is 2. The molecule has 3 heterocycles. The molecule has 148 valence electrons. The molecule has 2 N–H and O–H groups in total. The Hall–Kier alpha value is -3.22. The Bertz CT molecular complexity index is 1180. The highest BCUT2D eigenvalue weighted by molar-refractivity contribution is 6.06. The summed E-state index contributed by atoms with van der Waals surface area (Å²) in [6.07, 6.45) is 3.91. The number of pyridine rings is 1. The number of rotatable bonds is 6. The number of amides is 1. The summed E-state index contributed by atoms with van der Waals surface area (Å²) < 4.78 is 1.77. The smallest absolute Gasteiger partial charge is 0.252 e. The van der Waals surface area contributed by atoms with Crippen LogP contribution in [0.5, 0.6) is 0 Å². The van der Waals surface area contributed by atoms with E-state index < -0.39 is 0 Å². The SMILES string of the molecule is Cc1nn(C)c2nc(C3CC3)cc(C(=O)NCCCc3nc4ccccc4[nH]3)c12. The van der Waals surface area contributed by atoms with Gasteiger partial charge in [0.15, 0.2) is 5.65 Å². The molecule has 0 bridgehead atoms. The molecule has 0 spiro atoms. The number of H-pyrrole nitrogens is 1. The lowest BCUT2D eigenvalue weighted by Gasteiger charge is -2.09. The van der Waals surface area contributed by atoms with Crippen molar-refractivity contribution in [3.05, 3.63) is 53.1 Å². The fourth-order valence-electron chi connectivity index (χ4n) is 3.91. The van der Waals surface area contributed by atoms with E-state index in [2.05, 4.69) is 20.4 Å². The van der Waals surface area contributed by atoms with Crippen molar-refractivity contribution in [3.8, 4) is 0 Å². The number of nitrogens with one attached hydrogen (secondary N) is 2. The van der Waals surface area contributed by atoms with Crippen molar-refractivity contribution >= 4 is 28.0 Å². The van der Waals surface area contributed by atoms with E-state index in [-0.39, 0.29) is 5.91 Å². The van der Waals surface area contributed by atoms with Crippen LogP contribution in [0.2, 0.25) is 0 Å². The Kier molecular flexibility index (Phi) is 4.30. The van der Waals surface area contributed by atoms with Gasteiger partial charge in [0.05, 0.1) is 27.7 Å². The molecule has 0 saturated heterocycles. The van der Waals surface area contributed by atoms with Gasteiger partial charge in [-0.2, -0.15) is 5.10 Å². The van der Waals surface area contributed by atoms with E-state index in [0.29, 0.717) is 18.0 Å². The Morgan fingerprint density at radius 3 is 2.90 bits per heavy atom. The highest BCUT2D eigenvalue weighted by Crippen LogP contribution is 2.40. The number of hydrogen-bond acceptors (Lipinski definition) is 4. The zero-order valence-corrected chi connectivity index (χ0v) is 16.7. The number of aromatic amines is 1. The zero-order chi connectivity index (χ0) is 20.0. The molecule has 1 aromatic carbocycles. The van der Waals surface area contributed by atoms with Gasteiger partial charge in [0, 0.05) is 31.6 Å². The summed E-state index contributed by atoms with van der Waals surface area (Å²) in [5.74, 6) is 1.38. The predicted octanol–water partition coefficient (Wildman–Crippen LogP) is 3.39. The van der Waals surface area contributed by atoms with Crippen molar-refractivity contribution in [2.24, 2.45) is 7.05 Å². The number of nitrogens with zero attached hydrogens (tertiary/aromatic N) is 4. The summed E-state index contributed by atoms with van der Waals surface area (Å²) in [7, 11) is 1.88. The van der Waals surface area contributed by atoms with E-state index in [1.54, 1.807) is 4.68 Å². The second-order valence-electron chi connectivity index (χ2n) is 7.84. The molecule has 1 amide bonds. The third-order valence-electron chi connectivity index (χ3n) is 5.54. The minimum atomic E-state index is -0.0555. The number of carbonyl (C=O) groups excluding carboxylic acids is 1. The van der Waals surface area contributed by atoms with Gasteiger partial charge in [-0.05, 0) is 44.4 Å². The third kappa shape index (κ3) is 3.37. The largest absolute Gasteiger partial charge is 0.352 e. The van der Waals surface area contributed by atoms with Crippen LogP contribution in [0.4, 0.5) is 0 Å². The first-order chi connectivity index (χ1) is 14.1. The molecule has 0 radical (unpaired) electrons. The van der Waals surface area contributed by atoms with Crippen LogP contribution in [0, 0.1) is 6.92 Å². The van der Waals surface area contributed by atoms with E-state index in [0.717, 1.165) is 65.0 Å². The Labute approximate surface area is 168 Å². The van der Waals surface area contributed by atoms with E-state index in [9.17, 15) is 4.79 Å². The van der Waals surface area contributed by atoms with E-state index >= 15 is 0 Å². The molecule has 1 saturated carbocycles. The quantitative estimate of drug-likeness (QED) is 0.496. The second-order valence-corrected chi connectivity index (χ2v) is 7.84. The van der Waals surface area contributed by atoms with Gasteiger partial charge < -0.3 is 10.3 Å². The van der Waals surface area contributed by atoms with Crippen LogP contribution >= 0.6 is 0 Å². The van der Waals surface area contributed by atoms with Crippen LogP contribution in [0.15, 0.2) is 30.3 Å². The minimum absolute atomic E-state index is 0.0555. The van der Waals surface area contributed by atoms with Crippen LogP contribution in [-0.4, -0.2) is 37.2 Å². The Balaban J connectivity index is 1.29. The average molecular weight is 388 g/mol. The molecule has 0 atom stereocenters. The van der Waals surface area contributed by atoms with Crippen LogP contribution in [0.1, 0.15) is 52.8 Å². The van der Waals surface area contributed by atoms with Gasteiger partial charge in [-0.25, -0.2) is 9.97 Å². The highest BCUT2D eigenvalue weighted by atomic mass is 16.1. The molecule has 1 aliphatic rings. The molecule has 29 heavy (non-hydrogen) atoms. The van der Waals surface area contributed by atoms with Gasteiger partial charge in [-0.1, -0.05) is 12.1 Å². The fraction of sp³-hybridized carbons (Fsp3) is 0.364. The molecular formula is C22H24N6O. The number of benzene rings is 1. The molecule has 4 aromatic rings. The van der Waals surface area contributed by atoms with Crippen LogP contribution in [-0.2, 0) is 13.5 Å². The minimum Gasteiger partial charge on any atom is -0.352 e. The third-order valence-corrected chi connectivity index (χ3v) is 5.54. The summed E-state index contributed by atoms with van der Waals surface area (Å²) in [5, 5.41) is 8.40. The van der Waals surface area contributed by atoms with Crippen LogP contribution in [0.25, 0.3) is 22.1 Å². The van der Waals surface area contributed by atoms with E-state index in [4.69, 9.17) is 4.98 Å². The normalized spacial score (nSPS) is 14.0. The lowest BCUT2D eigenvalue weighted by atomic mass is 10.1. The Morgan fingerprint density at radius 2 is 2.10 bits per heavy atom. The Morgan fingerprint density at radius 1 is 1.28 bits per heavy atom. The van der Waals surface area contributed by atoms with Crippen molar-refractivity contribution in [2.75, 3.05) is 6.54 Å². The van der Waals surface area contributed by atoms with Gasteiger partial charge in [-0.15, -0.1) is 0 Å². The highest BCUT2D eigenvalue weighted by Gasteiger charge is 2.28. The molecule has 1 aliphatic carbocycles. The maximum absolute atomic E-state index is 13.0. The molecule has 0 aliphatic heterocycles. The molecule has 3 aromatic heterocycles. The molecule has 5 rings (SSSR count). The maximum atomic E-state index is 13.0. The second kappa shape index (κ2) is 6.99. The lowest BCUT2D eigenvalue weighted by Crippen LogP contribution is -2.25. The molecule has 7 heteroatoms. The first kappa shape index (κ1) is 17.8. The van der Waals surface area contributed by atoms with E-state index in [1.807, 2.05) is 44.3 Å². The topological polar surface area (TPSA) is 88.5 Å². The lowest BCUT2D eigenvalue weighted by molar-refractivity contribution is 0.0954. The number of aryl methyl sites for hydroxylation is 3. The molecule has 1 fully saturated rings. The van der Waals surface area contributed by atoms with Crippen molar-refractivity contribution in [2.45, 2.75) is 38.5 Å². The maximum Gasteiger partial charge on any atom is 0.252 e. The van der Waals surface area contributed by atoms with Gasteiger partial charge in [0.25, 0.3) is 5.91 Å². The summed E-state index contributed by atoms with van der Waals surface area (Å²) >= 11 is 0. The first-order valence-corrected chi connectivity index (χ1v) is 10.2. The summed E-state index contributed by atoms with van der Waals surface area (Å²) in [4.78, 5) is 25.7. The molecule has 0 unspecified atom stereocenters. The summed E-state index contributed by atoms with van der Waals surface area (Å²) in [6.45, 7) is 2.52. The van der Waals surface area contributed by atoms with Crippen molar-refractivity contribution < 1.29 is 4.79 Å². The number of hydrogen-bond donors (Lipinski definition) is 2. The van der Waals surface area contributed by atoms with Crippen molar-refractivity contribution in [1.29, 1.82) is 0 Å². The molecule has 7 nitrogen and oxygen atoms in total. The summed E-state index contributed by atoms with van der Waals surface area (Å²) in [5.41, 5.74) is 5.35. The fourth-order valence-corrected chi connectivity index (χ4v) is 3.91. The monoisotopic (exact) mass is 388 g/mol. The number of imidazole rings is 1. The van der Waals surface area contributed by atoms with Crippen LogP contribution < -0.4 is 5.32 Å². The van der Waals surface area contributed by atoms with Gasteiger partial charge in [0.1, 0.15) is 5.82 Å². The van der Waals surface area contributed by atoms with Crippen LogP contribution in [0.3, 0.4) is 0 Å².